The van der Waals surface area contributed by atoms with E-state index >= 15 is 0 Å². The SMILES string of the molecule is O=C1OC2(C3=C1CCCC3)C1C=CCC12. The van der Waals surface area contributed by atoms with Crippen molar-refractivity contribution in [1.82, 2.24) is 0 Å². The third-order valence-electron chi connectivity index (χ3n) is 4.55. The van der Waals surface area contributed by atoms with E-state index in [1.54, 1.807) is 0 Å². The van der Waals surface area contributed by atoms with E-state index in [0.717, 1.165) is 31.3 Å². The Hall–Kier alpha value is -1.05. The van der Waals surface area contributed by atoms with Crippen molar-refractivity contribution in [2.75, 3.05) is 0 Å². The third-order valence-corrected chi connectivity index (χ3v) is 4.55. The van der Waals surface area contributed by atoms with E-state index in [2.05, 4.69) is 12.2 Å². The van der Waals surface area contributed by atoms with Gasteiger partial charge in [-0.25, -0.2) is 4.79 Å². The standard InChI is InChI=1S/C13H14O2/c14-12-8-4-1-2-5-9(8)13(15-12)10-6-3-7-11(10)13/h3,6,10-11H,1-2,4-5,7H2. The van der Waals surface area contributed by atoms with Crippen LogP contribution in [0.2, 0.25) is 0 Å². The monoisotopic (exact) mass is 202 g/mol. The summed E-state index contributed by atoms with van der Waals surface area (Å²) in [6.45, 7) is 0. The maximum absolute atomic E-state index is 11.8. The van der Waals surface area contributed by atoms with Crippen molar-refractivity contribution in [3.8, 4) is 0 Å². The van der Waals surface area contributed by atoms with Crippen molar-refractivity contribution in [2.45, 2.75) is 37.7 Å². The molecule has 3 aliphatic carbocycles. The van der Waals surface area contributed by atoms with E-state index in [-0.39, 0.29) is 11.6 Å². The highest BCUT2D eigenvalue weighted by molar-refractivity contribution is 5.94. The van der Waals surface area contributed by atoms with Crippen LogP contribution in [0.15, 0.2) is 23.3 Å². The van der Waals surface area contributed by atoms with E-state index < -0.39 is 0 Å². The van der Waals surface area contributed by atoms with Gasteiger partial charge in [-0.1, -0.05) is 12.2 Å². The van der Waals surface area contributed by atoms with Gasteiger partial charge in [0.1, 0.15) is 5.60 Å². The van der Waals surface area contributed by atoms with E-state index in [9.17, 15) is 4.79 Å². The van der Waals surface area contributed by atoms with Gasteiger partial charge in [0.15, 0.2) is 0 Å². The number of ether oxygens (including phenoxy) is 1. The molecule has 2 nitrogen and oxygen atoms in total. The van der Waals surface area contributed by atoms with Crippen LogP contribution in [-0.2, 0) is 9.53 Å². The van der Waals surface area contributed by atoms with Crippen LogP contribution in [0.25, 0.3) is 0 Å². The molecule has 4 aliphatic rings. The van der Waals surface area contributed by atoms with Crippen LogP contribution in [0.3, 0.4) is 0 Å². The molecule has 1 aliphatic heterocycles. The predicted molar refractivity (Wildman–Crippen MR) is 55.1 cm³/mol. The highest BCUT2D eigenvalue weighted by Gasteiger charge is 2.72. The van der Waals surface area contributed by atoms with Crippen LogP contribution in [0.4, 0.5) is 0 Å². The largest absolute Gasteiger partial charge is 0.450 e. The van der Waals surface area contributed by atoms with Gasteiger partial charge in [-0.05, 0) is 37.7 Å². The van der Waals surface area contributed by atoms with Crippen molar-refractivity contribution in [3.63, 3.8) is 0 Å². The second-order valence-electron chi connectivity index (χ2n) is 5.14. The molecule has 0 radical (unpaired) electrons. The molecular formula is C13H14O2. The average molecular weight is 202 g/mol. The summed E-state index contributed by atoms with van der Waals surface area (Å²) >= 11 is 0. The number of carbonyl (C=O) groups is 1. The highest BCUT2D eigenvalue weighted by atomic mass is 16.6. The molecule has 3 unspecified atom stereocenters. The Morgan fingerprint density at radius 2 is 2.20 bits per heavy atom. The highest BCUT2D eigenvalue weighted by Crippen LogP contribution is 2.67. The number of hydrogen-bond acceptors (Lipinski definition) is 2. The quantitative estimate of drug-likeness (QED) is 0.445. The minimum atomic E-state index is -0.137. The van der Waals surface area contributed by atoms with E-state index in [1.807, 2.05) is 0 Å². The molecule has 0 amide bonds. The Morgan fingerprint density at radius 3 is 3.00 bits per heavy atom. The molecule has 1 spiro atoms. The molecule has 0 aromatic heterocycles. The second kappa shape index (κ2) is 2.37. The Kier molecular flexibility index (Phi) is 1.29. The van der Waals surface area contributed by atoms with Crippen molar-refractivity contribution in [1.29, 1.82) is 0 Å². The fourth-order valence-corrected chi connectivity index (χ4v) is 3.84. The van der Waals surface area contributed by atoms with Gasteiger partial charge >= 0.3 is 5.97 Å². The molecule has 4 rings (SSSR count). The van der Waals surface area contributed by atoms with Crippen molar-refractivity contribution < 1.29 is 9.53 Å². The molecule has 0 N–H and O–H groups in total. The smallest absolute Gasteiger partial charge is 0.335 e. The number of esters is 1. The lowest BCUT2D eigenvalue weighted by atomic mass is 9.87. The summed E-state index contributed by atoms with van der Waals surface area (Å²) in [5, 5.41) is 0. The van der Waals surface area contributed by atoms with Crippen LogP contribution >= 0.6 is 0 Å². The van der Waals surface area contributed by atoms with Crippen LogP contribution < -0.4 is 0 Å². The minimum Gasteiger partial charge on any atom is -0.450 e. The average Bonchev–Trinajstić information content (AvgIpc) is 2.67. The summed E-state index contributed by atoms with van der Waals surface area (Å²) in [7, 11) is 0. The first-order chi connectivity index (χ1) is 7.34. The van der Waals surface area contributed by atoms with E-state index in [4.69, 9.17) is 4.74 Å². The van der Waals surface area contributed by atoms with Crippen LogP contribution in [0.1, 0.15) is 32.1 Å². The van der Waals surface area contributed by atoms with Gasteiger partial charge < -0.3 is 4.74 Å². The summed E-state index contributed by atoms with van der Waals surface area (Å²) in [6.07, 6.45) is 10.0. The first-order valence-electron chi connectivity index (χ1n) is 5.96. The fourth-order valence-electron chi connectivity index (χ4n) is 3.84. The number of carbonyl (C=O) groups excluding carboxylic acids is 1. The lowest BCUT2D eigenvalue weighted by Crippen LogP contribution is -2.19. The summed E-state index contributed by atoms with van der Waals surface area (Å²) < 4.78 is 5.71. The molecule has 3 atom stereocenters. The van der Waals surface area contributed by atoms with Gasteiger partial charge in [0.05, 0.1) is 0 Å². The minimum absolute atomic E-state index is 0.00694. The number of hydrogen-bond donors (Lipinski definition) is 0. The lowest BCUT2D eigenvalue weighted by molar-refractivity contribution is -0.142. The number of rotatable bonds is 0. The molecule has 1 fully saturated rings. The fraction of sp³-hybridized carbons (Fsp3) is 0.615. The maximum atomic E-state index is 11.8. The molecule has 0 bridgehead atoms. The van der Waals surface area contributed by atoms with Gasteiger partial charge in [0.2, 0.25) is 0 Å². The lowest BCUT2D eigenvalue weighted by Gasteiger charge is -2.18. The Bertz CT molecular complexity index is 418. The molecule has 15 heavy (non-hydrogen) atoms. The van der Waals surface area contributed by atoms with Crippen molar-refractivity contribution in [3.05, 3.63) is 23.3 Å². The van der Waals surface area contributed by atoms with E-state index in [1.165, 1.54) is 12.0 Å². The summed E-state index contributed by atoms with van der Waals surface area (Å²) in [5.74, 6) is 1.10. The second-order valence-corrected chi connectivity index (χ2v) is 5.14. The molecule has 0 aromatic rings. The van der Waals surface area contributed by atoms with Crippen LogP contribution in [-0.4, -0.2) is 11.6 Å². The summed E-state index contributed by atoms with van der Waals surface area (Å²) in [6, 6.07) is 0. The van der Waals surface area contributed by atoms with Crippen LogP contribution in [0, 0.1) is 11.8 Å². The van der Waals surface area contributed by atoms with Gasteiger partial charge in [-0.2, -0.15) is 0 Å². The van der Waals surface area contributed by atoms with Gasteiger partial charge in [-0.15, -0.1) is 0 Å². The first-order valence-corrected chi connectivity index (χ1v) is 5.96. The van der Waals surface area contributed by atoms with Gasteiger partial charge in [0.25, 0.3) is 0 Å². The Morgan fingerprint density at radius 1 is 1.33 bits per heavy atom. The number of allylic oxidation sites excluding steroid dienone is 1. The normalized spacial score (nSPS) is 45.7. The predicted octanol–water partition coefficient (Wildman–Crippen LogP) is 2.36. The molecule has 0 saturated heterocycles. The molecule has 1 heterocycles. The Labute approximate surface area is 89.0 Å². The van der Waals surface area contributed by atoms with Crippen molar-refractivity contribution in [2.24, 2.45) is 11.8 Å². The molecule has 78 valence electrons. The molecule has 1 saturated carbocycles. The zero-order valence-corrected chi connectivity index (χ0v) is 8.66. The Balaban J connectivity index is 1.82. The molecule has 0 aromatic carbocycles. The topological polar surface area (TPSA) is 26.3 Å². The first kappa shape index (κ1) is 8.14. The zero-order chi connectivity index (χ0) is 10.0. The molecule has 2 heteroatoms. The molecular weight excluding hydrogens is 188 g/mol. The van der Waals surface area contributed by atoms with Crippen molar-refractivity contribution >= 4 is 5.97 Å². The number of fused-ring (bicyclic) bond motifs is 4. The van der Waals surface area contributed by atoms with E-state index in [0.29, 0.717) is 11.8 Å². The maximum Gasteiger partial charge on any atom is 0.335 e. The summed E-state index contributed by atoms with van der Waals surface area (Å²) in [4.78, 5) is 11.8. The zero-order valence-electron chi connectivity index (χ0n) is 8.66. The van der Waals surface area contributed by atoms with Gasteiger partial charge in [-0.3, -0.25) is 0 Å². The summed E-state index contributed by atoms with van der Waals surface area (Å²) in [5.41, 5.74) is 2.27. The third kappa shape index (κ3) is 0.768. The van der Waals surface area contributed by atoms with Crippen LogP contribution in [0.5, 0.6) is 0 Å². The van der Waals surface area contributed by atoms with Gasteiger partial charge in [0, 0.05) is 17.4 Å².